The highest BCUT2D eigenvalue weighted by Crippen LogP contribution is 2.36. The van der Waals surface area contributed by atoms with Gasteiger partial charge in [-0.05, 0) is 46.1 Å². The van der Waals surface area contributed by atoms with Crippen molar-refractivity contribution in [2.75, 3.05) is 18.0 Å². The minimum atomic E-state index is -0.578. The molecule has 0 aromatic carbocycles. The number of amides is 1. The number of rotatable bonds is 4. The van der Waals surface area contributed by atoms with Crippen molar-refractivity contribution >= 4 is 29.1 Å². The average molecular weight is 385 g/mol. The Morgan fingerprint density at radius 3 is 2.81 bits per heavy atom. The van der Waals surface area contributed by atoms with E-state index in [2.05, 4.69) is 10.3 Å². The van der Waals surface area contributed by atoms with Crippen LogP contribution in [0.3, 0.4) is 0 Å². The van der Waals surface area contributed by atoms with Crippen molar-refractivity contribution in [3.63, 3.8) is 0 Å². The van der Waals surface area contributed by atoms with Crippen LogP contribution in [0.5, 0.6) is 0 Å². The Hall–Kier alpha value is -2.09. The molecular formula is C17H25ClN4O4. The number of alkyl carbamates (subject to hydrolysis) is 1. The molecule has 1 aliphatic heterocycles. The molecule has 0 unspecified atom stereocenters. The summed E-state index contributed by atoms with van der Waals surface area (Å²) in [5, 5.41) is 14.2. The highest BCUT2D eigenvalue weighted by molar-refractivity contribution is 6.32. The van der Waals surface area contributed by atoms with Gasteiger partial charge in [0.1, 0.15) is 11.3 Å². The summed E-state index contributed by atoms with van der Waals surface area (Å²) in [7, 11) is 0. The van der Waals surface area contributed by atoms with E-state index in [0.29, 0.717) is 30.9 Å². The van der Waals surface area contributed by atoms with Crippen molar-refractivity contribution < 1.29 is 14.5 Å². The molecule has 8 nitrogen and oxygen atoms in total. The number of halogens is 1. The maximum Gasteiger partial charge on any atom is 0.407 e. The van der Waals surface area contributed by atoms with Crippen molar-refractivity contribution in [1.82, 2.24) is 10.3 Å². The number of aromatic nitrogens is 1. The Labute approximate surface area is 158 Å². The number of nitrogens with one attached hydrogen (secondary N) is 1. The van der Waals surface area contributed by atoms with Gasteiger partial charge < -0.3 is 15.0 Å². The van der Waals surface area contributed by atoms with Crippen LogP contribution in [-0.4, -0.2) is 40.7 Å². The third-order valence-electron chi connectivity index (χ3n) is 4.01. The van der Waals surface area contributed by atoms with Crippen LogP contribution in [0.1, 0.15) is 46.2 Å². The van der Waals surface area contributed by atoms with Gasteiger partial charge in [0.05, 0.1) is 4.92 Å². The van der Waals surface area contributed by atoms with E-state index in [4.69, 9.17) is 16.3 Å². The summed E-state index contributed by atoms with van der Waals surface area (Å²) in [6.07, 6.45) is 1.71. The van der Waals surface area contributed by atoms with Crippen LogP contribution < -0.4 is 10.2 Å². The number of hydrogen-bond acceptors (Lipinski definition) is 6. The Morgan fingerprint density at radius 2 is 2.23 bits per heavy atom. The zero-order valence-corrected chi connectivity index (χ0v) is 16.3. The second-order valence-electron chi connectivity index (χ2n) is 7.31. The van der Waals surface area contributed by atoms with Gasteiger partial charge in [-0.2, -0.15) is 0 Å². The van der Waals surface area contributed by atoms with Gasteiger partial charge in [-0.1, -0.05) is 18.5 Å². The zero-order valence-electron chi connectivity index (χ0n) is 15.5. The number of aryl methyl sites for hydroxylation is 1. The lowest BCUT2D eigenvalue weighted by atomic mass is 10.0. The molecule has 0 aliphatic carbocycles. The smallest absolute Gasteiger partial charge is 0.407 e. The Kier molecular flexibility index (Phi) is 6.28. The standard InChI is InChI=1S/C17H25ClN4O4/c1-5-11-9-13(14(22(24)25)15(18)19-11)21-8-6-7-12(10-21)20-16(23)26-17(2,3)4/h9,12H,5-8,10H2,1-4H3,(H,20,23)/t12-/m1/s1. The molecule has 144 valence electrons. The molecule has 2 rings (SSSR count). The van der Waals surface area contributed by atoms with E-state index in [-0.39, 0.29) is 16.9 Å². The van der Waals surface area contributed by atoms with Crippen molar-refractivity contribution in [3.8, 4) is 0 Å². The number of piperidine rings is 1. The summed E-state index contributed by atoms with van der Waals surface area (Å²) in [6, 6.07) is 1.55. The van der Waals surface area contributed by atoms with Crippen molar-refractivity contribution in [2.45, 2.75) is 58.6 Å². The third kappa shape index (κ3) is 5.20. The van der Waals surface area contributed by atoms with Gasteiger partial charge in [-0.25, -0.2) is 9.78 Å². The molecule has 1 saturated heterocycles. The molecule has 1 aromatic rings. The monoisotopic (exact) mass is 384 g/mol. The number of hydrogen-bond donors (Lipinski definition) is 1. The van der Waals surface area contributed by atoms with Crippen LogP contribution in [0.4, 0.5) is 16.2 Å². The largest absolute Gasteiger partial charge is 0.444 e. The summed E-state index contributed by atoms with van der Waals surface area (Å²) < 4.78 is 5.29. The van der Waals surface area contributed by atoms with Gasteiger partial charge in [0.2, 0.25) is 5.15 Å². The number of pyridine rings is 1. The minimum absolute atomic E-state index is 0.105. The second-order valence-corrected chi connectivity index (χ2v) is 7.67. The molecular weight excluding hydrogens is 360 g/mol. The number of carbonyl (C=O) groups is 1. The third-order valence-corrected chi connectivity index (χ3v) is 4.27. The normalized spacial score (nSPS) is 17.7. The number of carbonyl (C=O) groups excluding carboxylic acids is 1. The highest BCUT2D eigenvalue weighted by atomic mass is 35.5. The molecule has 1 aromatic heterocycles. The number of anilines is 1. The van der Waals surface area contributed by atoms with Crippen LogP contribution in [0.25, 0.3) is 0 Å². The van der Waals surface area contributed by atoms with Gasteiger partial charge >= 0.3 is 11.8 Å². The van der Waals surface area contributed by atoms with Gasteiger partial charge in [-0.15, -0.1) is 0 Å². The second kappa shape index (κ2) is 8.07. The van der Waals surface area contributed by atoms with Crippen LogP contribution >= 0.6 is 11.6 Å². The molecule has 1 N–H and O–H groups in total. The molecule has 0 spiro atoms. The molecule has 0 bridgehead atoms. The van der Waals surface area contributed by atoms with E-state index in [9.17, 15) is 14.9 Å². The topological polar surface area (TPSA) is 97.6 Å². The first-order valence-electron chi connectivity index (χ1n) is 8.69. The molecule has 0 saturated carbocycles. The lowest BCUT2D eigenvalue weighted by Crippen LogP contribution is -2.49. The van der Waals surface area contributed by atoms with Crippen LogP contribution in [0.15, 0.2) is 6.07 Å². The molecule has 1 amide bonds. The van der Waals surface area contributed by atoms with E-state index in [0.717, 1.165) is 12.8 Å². The fourth-order valence-electron chi connectivity index (χ4n) is 2.92. The Balaban J connectivity index is 2.20. The maximum absolute atomic E-state index is 12.0. The Bertz CT molecular complexity index is 690. The molecule has 1 atom stereocenters. The Morgan fingerprint density at radius 1 is 1.54 bits per heavy atom. The average Bonchev–Trinajstić information content (AvgIpc) is 2.51. The molecule has 2 heterocycles. The van der Waals surface area contributed by atoms with Gasteiger partial charge in [-0.3, -0.25) is 10.1 Å². The summed E-state index contributed by atoms with van der Waals surface area (Å²) >= 11 is 6.05. The molecule has 9 heteroatoms. The van der Waals surface area contributed by atoms with Crippen LogP contribution in [0, 0.1) is 10.1 Å². The predicted molar refractivity (Wildman–Crippen MR) is 99.9 cm³/mol. The molecule has 1 fully saturated rings. The summed E-state index contributed by atoms with van der Waals surface area (Å²) in [5.74, 6) is 0. The lowest BCUT2D eigenvalue weighted by molar-refractivity contribution is -0.384. The fraction of sp³-hybridized carbons (Fsp3) is 0.647. The first kappa shape index (κ1) is 20.2. The number of ether oxygens (including phenoxy) is 1. The minimum Gasteiger partial charge on any atom is -0.444 e. The van der Waals surface area contributed by atoms with Crippen LogP contribution in [-0.2, 0) is 11.2 Å². The quantitative estimate of drug-likeness (QED) is 0.483. The fourth-order valence-corrected chi connectivity index (χ4v) is 3.20. The van der Waals surface area contributed by atoms with Gasteiger partial charge in [0.25, 0.3) is 0 Å². The summed E-state index contributed by atoms with van der Waals surface area (Å²) in [4.78, 5) is 28.9. The van der Waals surface area contributed by atoms with Gasteiger partial charge in [0.15, 0.2) is 0 Å². The van der Waals surface area contributed by atoms with Crippen molar-refractivity contribution in [1.29, 1.82) is 0 Å². The molecule has 0 radical (unpaired) electrons. The first-order valence-corrected chi connectivity index (χ1v) is 9.06. The maximum atomic E-state index is 12.0. The zero-order chi connectivity index (χ0) is 19.5. The van der Waals surface area contributed by atoms with Crippen molar-refractivity contribution in [3.05, 3.63) is 27.0 Å². The molecule has 26 heavy (non-hydrogen) atoms. The summed E-state index contributed by atoms with van der Waals surface area (Å²) in [5.41, 5.74) is 0.369. The van der Waals surface area contributed by atoms with E-state index >= 15 is 0 Å². The van der Waals surface area contributed by atoms with Crippen LogP contribution in [0.2, 0.25) is 5.15 Å². The first-order chi connectivity index (χ1) is 12.1. The van der Waals surface area contributed by atoms with E-state index in [1.807, 2.05) is 11.8 Å². The highest BCUT2D eigenvalue weighted by Gasteiger charge is 2.30. The SMILES string of the molecule is CCc1cc(N2CCC[C@@H](NC(=O)OC(C)(C)C)C2)c([N+](=O)[O-])c(Cl)n1. The van der Waals surface area contributed by atoms with Crippen molar-refractivity contribution in [2.24, 2.45) is 0 Å². The van der Waals surface area contributed by atoms with E-state index in [1.165, 1.54) is 0 Å². The van der Waals surface area contributed by atoms with Gasteiger partial charge in [0, 0.05) is 24.8 Å². The lowest BCUT2D eigenvalue weighted by Gasteiger charge is -2.34. The summed E-state index contributed by atoms with van der Waals surface area (Å²) in [6.45, 7) is 8.41. The number of nitro groups is 1. The van der Waals surface area contributed by atoms with E-state index in [1.54, 1.807) is 26.8 Å². The van der Waals surface area contributed by atoms with E-state index < -0.39 is 16.6 Å². The molecule has 1 aliphatic rings. The number of nitrogens with zero attached hydrogens (tertiary/aromatic N) is 3. The predicted octanol–water partition coefficient (Wildman–Crippen LogP) is 3.70.